The topological polar surface area (TPSA) is 86.3 Å². The van der Waals surface area contributed by atoms with Crippen LogP contribution in [0.5, 0.6) is 0 Å². The van der Waals surface area contributed by atoms with Crippen LogP contribution in [0, 0.1) is 11.8 Å². The van der Waals surface area contributed by atoms with Crippen molar-refractivity contribution in [1.29, 1.82) is 0 Å². The number of hydrogen-bond acceptors (Lipinski definition) is 6. The molecule has 4 aliphatic heterocycles. The lowest BCUT2D eigenvalue weighted by Gasteiger charge is -2.50. The van der Waals surface area contributed by atoms with E-state index >= 15 is 0 Å². The van der Waals surface area contributed by atoms with Gasteiger partial charge in [0.1, 0.15) is 6.04 Å². The summed E-state index contributed by atoms with van der Waals surface area (Å²) in [4.78, 5) is 57.8. The van der Waals surface area contributed by atoms with Crippen molar-refractivity contribution in [3.05, 3.63) is 48.2 Å². The summed E-state index contributed by atoms with van der Waals surface area (Å²) in [5.41, 5.74) is 0.642. The van der Waals surface area contributed by atoms with E-state index in [9.17, 15) is 14.4 Å². The average Bonchev–Trinajstić information content (AvgIpc) is 3.09. The lowest BCUT2D eigenvalue weighted by Crippen LogP contribution is -2.65. The maximum absolute atomic E-state index is 14.1. The van der Waals surface area contributed by atoms with Gasteiger partial charge in [-0.1, -0.05) is 33.8 Å². The molecular formula is C30H41N5O4. The minimum absolute atomic E-state index is 0.0278. The van der Waals surface area contributed by atoms with E-state index in [4.69, 9.17) is 4.84 Å². The Kier molecular flexibility index (Phi) is 7.91. The largest absolute Gasteiger partial charge is 0.310 e. The van der Waals surface area contributed by atoms with Crippen LogP contribution in [-0.2, 0) is 19.2 Å². The number of fused-ring (bicyclic) bond motifs is 3. The number of rotatable bonds is 7. The molecule has 3 amide bonds. The Balaban J connectivity index is 1.53. The summed E-state index contributed by atoms with van der Waals surface area (Å²) in [5, 5.41) is 1.23. The van der Waals surface area contributed by atoms with Crippen LogP contribution < -0.4 is 0 Å². The smallest absolute Gasteiger partial charge is 0.276 e. The van der Waals surface area contributed by atoms with E-state index in [0.29, 0.717) is 36.4 Å². The van der Waals surface area contributed by atoms with Gasteiger partial charge in [0.25, 0.3) is 11.8 Å². The number of nitrogens with zero attached hydrogens (tertiary/aromatic N) is 5. The molecule has 1 aromatic heterocycles. The van der Waals surface area contributed by atoms with Gasteiger partial charge in [-0.05, 0) is 75.6 Å². The highest BCUT2D eigenvalue weighted by atomic mass is 16.7. The zero-order chi connectivity index (χ0) is 27.8. The van der Waals surface area contributed by atoms with Crippen LogP contribution in [0.4, 0.5) is 0 Å². The van der Waals surface area contributed by atoms with Gasteiger partial charge in [-0.2, -0.15) is 5.06 Å². The van der Waals surface area contributed by atoms with Gasteiger partial charge in [0, 0.05) is 30.4 Å². The van der Waals surface area contributed by atoms with Gasteiger partial charge in [0.15, 0.2) is 11.9 Å². The molecular weight excluding hydrogens is 494 g/mol. The second-order valence-corrected chi connectivity index (χ2v) is 12.2. The zero-order valence-electron chi connectivity index (χ0n) is 23.7. The number of hydroxylamine groups is 2. The number of carbonyl (C=O) groups excluding carboxylic acids is 3. The quantitative estimate of drug-likeness (QED) is 0.494. The van der Waals surface area contributed by atoms with Gasteiger partial charge in [-0.15, -0.1) is 0 Å². The van der Waals surface area contributed by atoms with E-state index < -0.39 is 18.1 Å². The second kappa shape index (κ2) is 11.2. The molecule has 4 atom stereocenters. The highest BCUT2D eigenvalue weighted by molar-refractivity contribution is 5.97. The summed E-state index contributed by atoms with van der Waals surface area (Å²) >= 11 is 0. The summed E-state index contributed by atoms with van der Waals surface area (Å²) in [6, 6.07) is 5.72. The van der Waals surface area contributed by atoms with E-state index in [-0.39, 0.29) is 29.7 Å². The Bertz CT molecular complexity index is 1140. The van der Waals surface area contributed by atoms with Crippen LogP contribution in [0.3, 0.4) is 0 Å². The minimum Gasteiger partial charge on any atom is -0.310 e. The number of hydrogen-bond donors (Lipinski definition) is 0. The van der Waals surface area contributed by atoms with Crippen LogP contribution in [0.1, 0.15) is 71.9 Å². The first kappa shape index (κ1) is 27.5. The third kappa shape index (κ3) is 5.52. The lowest BCUT2D eigenvalue weighted by atomic mass is 9.92. The SMILES string of the molecule is CC(C)C[C@H]1ON(C(=O)/C=C/c2ccccn2)C2=CN(C3CC4CCC(C3)N4C)C(=O)[C@H](CC(C)C)N2C1=O. The lowest BCUT2D eigenvalue weighted by molar-refractivity contribution is -0.226. The maximum Gasteiger partial charge on any atom is 0.276 e. The minimum atomic E-state index is -0.845. The van der Waals surface area contributed by atoms with Crippen LogP contribution in [0.2, 0.25) is 0 Å². The molecule has 5 rings (SSSR count). The molecule has 2 unspecified atom stereocenters. The molecule has 4 aliphatic rings. The number of carbonyl (C=O) groups is 3. The molecule has 39 heavy (non-hydrogen) atoms. The van der Waals surface area contributed by atoms with Gasteiger partial charge >= 0.3 is 0 Å². The Morgan fingerprint density at radius 1 is 1.03 bits per heavy atom. The molecule has 0 saturated carbocycles. The van der Waals surface area contributed by atoms with Crippen molar-refractivity contribution < 1.29 is 19.2 Å². The summed E-state index contributed by atoms with van der Waals surface area (Å²) in [5.74, 6) is -0.0560. The van der Waals surface area contributed by atoms with Crippen LogP contribution in [0.15, 0.2) is 42.5 Å². The number of piperidine rings is 1. The second-order valence-electron chi connectivity index (χ2n) is 12.2. The average molecular weight is 536 g/mol. The highest BCUT2D eigenvalue weighted by Gasteiger charge is 2.51. The van der Waals surface area contributed by atoms with Crippen molar-refractivity contribution in [2.24, 2.45) is 11.8 Å². The van der Waals surface area contributed by atoms with E-state index in [1.54, 1.807) is 23.4 Å². The molecule has 0 N–H and O–H groups in total. The molecule has 0 aliphatic carbocycles. The van der Waals surface area contributed by atoms with Crippen molar-refractivity contribution in [3.8, 4) is 0 Å². The molecule has 210 valence electrons. The fraction of sp³-hybridized carbons (Fsp3) is 0.600. The first-order chi connectivity index (χ1) is 18.6. The third-order valence-corrected chi connectivity index (χ3v) is 8.44. The van der Waals surface area contributed by atoms with Crippen molar-refractivity contribution >= 4 is 23.8 Å². The maximum atomic E-state index is 14.1. The van der Waals surface area contributed by atoms with Gasteiger partial charge < -0.3 is 9.80 Å². The Labute approximate surface area is 231 Å². The predicted molar refractivity (Wildman–Crippen MR) is 147 cm³/mol. The van der Waals surface area contributed by atoms with Crippen LogP contribution >= 0.6 is 0 Å². The van der Waals surface area contributed by atoms with Crippen LogP contribution in [0.25, 0.3) is 6.08 Å². The van der Waals surface area contributed by atoms with Crippen molar-refractivity contribution in [1.82, 2.24) is 24.7 Å². The number of amides is 3. The predicted octanol–water partition coefficient (Wildman–Crippen LogP) is 3.79. The Hall–Kier alpha value is -3.04. The standard InChI is InChI=1S/C30H41N5O4/c1-19(2)14-25-29(37)33(24-16-22-10-11-23(17-24)32(22)5)18-27-34(25)30(38)26(15-20(3)4)39-35(27)28(36)12-9-21-8-6-7-13-31-21/h6-9,12-13,18-20,22-26H,10-11,14-17H2,1-5H3/b12-9+/t22?,23?,24?,25-,26+/m0/s1. The fourth-order valence-electron chi connectivity index (χ4n) is 6.47. The number of aromatic nitrogens is 1. The van der Waals surface area contributed by atoms with Crippen LogP contribution in [-0.4, -0.2) is 79.8 Å². The molecule has 3 saturated heterocycles. The highest BCUT2D eigenvalue weighted by Crippen LogP contribution is 2.40. The summed E-state index contributed by atoms with van der Waals surface area (Å²) < 4.78 is 0. The molecule has 0 aromatic carbocycles. The number of pyridine rings is 1. The first-order valence-electron chi connectivity index (χ1n) is 14.3. The van der Waals surface area contributed by atoms with Crippen molar-refractivity contribution in [3.63, 3.8) is 0 Å². The third-order valence-electron chi connectivity index (χ3n) is 8.44. The van der Waals surface area contributed by atoms with E-state index in [2.05, 4.69) is 30.8 Å². The van der Waals surface area contributed by atoms with Gasteiger partial charge in [0.05, 0.1) is 11.9 Å². The van der Waals surface area contributed by atoms with Gasteiger partial charge in [-0.3, -0.25) is 29.1 Å². The molecule has 2 bridgehead atoms. The summed E-state index contributed by atoms with van der Waals surface area (Å²) in [7, 11) is 2.18. The van der Waals surface area contributed by atoms with Crippen molar-refractivity contribution in [2.45, 2.75) is 96.5 Å². The van der Waals surface area contributed by atoms with Gasteiger partial charge in [0.2, 0.25) is 5.91 Å². The van der Waals surface area contributed by atoms with E-state index in [1.165, 1.54) is 11.1 Å². The first-order valence-corrected chi connectivity index (χ1v) is 14.3. The monoisotopic (exact) mass is 535 g/mol. The summed E-state index contributed by atoms with van der Waals surface area (Å²) in [6.07, 6.45) is 10.6. The molecule has 3 fully saturated rings. The molecule has 0 spiro atoms. The van der Waals surface area contributed by atoms with Crippen molar-refractivity contribution in [2.75, 3.05) is 7.05 Å². The normalized spacial score (nSPS) is 29.6. The molecule has 5 heterocycles. The Morgan fingerprint density at radius 2 is 1.72 bits per heavy atom. The van der Waals surface area contributed by atoms with Gasteiger partial charge in [-0.25, -0.2) is 0 Å². The molecule has 0 radical (unpaired) electrons. The van der Waals surface area contributed by atoms with E-state index in [0.717, 1.165) is 25.7 Å². The summed E-state index contributed by atoms with van der Waals surface area (Å²) in [6.45, 7) is 8.14. The molecule has 9 nitrogen and oxygen atoms in total. The van der Waals surface area contributed by atoms with E-state index in [1.807, 2.05) is 36.9 Å². The molecule has 1 aromatic rings. The fourth-order valence-corrected chi connectivity index (χ4v) is 6.47. The zero-order valence-corrected chi connectivity index (χ0v) is 23.7. The Morgan fingerprint density at radius 3 is 2.33 bits per heavy atom. The molecule has 9 heteroatoms.